The lowest BCUT2D eigenvalue weighted by Crippen LogP contribution is -2.01. The second-order valence-corrected chi connectivity index (χ2v) is 8.26. The van der Waals surface area contributed by atoms with Gasteiger partial charge in [-0.15, -0.1) is 5.10 Å². The zero-order valence-corrected chi connectivity index (χ0v) is 15.3. The molecule has 0 saturated carbocycles. The Morgan fingerprint density at radius 1 is 0.929 bits per heavy atom. The SMILES string of the molecule is O=S(=O)(c1ccccc1)c1ccc2[nH]c(O)c(-c3nc4ccccn4n3)c2c1. The van der Waals surface area contributed by atoms with Crippen LogP contribution in [0.15, 0.2) is 82.7 Å². The topological polar surface area (TPSA) is 100 Å². The Morgan fingerprint density at radius 3 is 2.50 bits per heavy atom. The fraction of sp³-hybridized carbons (Fsp3) is 0. The van der Waals surface area contributed by atoms with Crippen LogP contribution in [0.2, 0.25) is 0 Å². The molecule has 0 saturated heterocycles. The summed E-state index contributed by atoms with van der Waals surface area (Å²) in [4.78, 5) is 7.64. The molecule has 5 rings (SSSR count). The summed E-state index contributed by atoms with van der Waals surface area (Å²) in [6.07, 6.45) is 1.75. The van der Waals surface area contributed by atoms with Gasteiger partial charge in [-0.1, -0.05) is 24.3 Å². The molecular formula is C20H14N4O3S. The predicted octanol–water partition coefficient (Wildman–Crippen LogP) is 3.42. The minimum atomic E-state index is -3.69. The fourth-order valence-electron chi connectivity index (χ4n) is 3.22. The van der Waals surface area contributed by atoms with Crippen LogP contribution in [-0.4, -0.2) is 33.1 Å². The van der Waals surface area contributed by atoms with Gasteiger partial charge >= 0.3 is 0 Å². The highest BCUT2D eigenvalue weighted by atomic mass is 32.2. The lowest BCUT2D eigenvalue weighted by atomic mass is 10.1. The monoisotopic (exact) mass is 390 g/mol. The van der Waals surface area contributed by atoms with Crippen LogP contribution in [0, 0.1) is 0 Å². The maximum Gasteiger partial charge on any atom is 0.206 e. The van der Waals surface area contributed by atoms with Gasteiger partial charge in [0.25, 0.3) is 0 Å². The third-order valence-electron chi connectivity index (χ3n) is 4.58. The van der Waals surface area contributed by atoms with Crippen molar-refractivity contribution in [2.24, 2.45) is 0 Å². The van der Waals surface area contributed by atoms with Crippen LogP contribution in [0.5, 0.6) is 5.88 Å². The van der Waals surface area contributed by atoms with E-state index in [1.54, 1.807) is 53.2 Å². The standard InChI is InChI=1S/C20H14N4O3S/c25-20-18(19-22-17-8-4-5-11-24(17)23-19)15-12-14(9-10-16(15)21-20)28(26,27)13-6-2-1-3-7-13/h1-12,21,25H. The number of fused-ring (bicyclic) bond motifs is 2. The molecule has 3 aromatic heterocycles. The van der Waals surface area contributed by atoms with Crippen LogP contribution in [0.3, 0.4) is 0 Å². The second kappa shape index (κ2) is 5.93. The van der Waals surface area contributed by atoms with Crippen LogP contribution in [0.25, 0.3) is 27.9 Å². The zero-order valence-electron chi connectivity index (χ0n) is 14.4. The first-order chi connectivity index (χ1) is 13.5. The van der Waals surface area contributed by atoms with Crippen molar-refractivity contribution in [2.75, 3.05) is 0 Å². The highest BCUT2D eigenvalue weighted by Gasteiger charge is 2.22. The van der Waals surface area contributed by atoms with E-state index in [0.29, 0.717) is 27.9 Å². The van der Waals surface area contributed by atoms with E-state index in [1.165, 1.54) is 12.1 Å². The molecule has 2 N–H and O–H groups in total. The Bertz CT molecular complexity index is 1400. The molecule has 0 atom stereocenters. The highest BCUT2D eigenvalue weighted by Crippen LogP contribution is 2.37. The van der Waals surface area contributed by atoms with E-state index in [1.807, 2.05) is 12.1 Å². The van der Waals surface area contributed by atoms with Gasteiger partial charge in [0.2, 0.25) is 15.7 Å². The quantitative estimate of drug-likeness (QED) is 0.492. The van der Waals surface area contributed by atoms with Crippen molar-refractivity contribution in [3.05, 3.63) is 72.9 Å². The highest BCUT2D eigenvalue weighted by molar-refractivity contribution is 7.91. The van der Waals surface area contributed by atoms with Gasteiger partial charge in [-0.25, -0.2) is 17.9 Å². The Labute approximate surface area is 159 Å². The van der Waals surface area contributed by atoms with Crippen molar-refractivity contribution in [1.29, 1.82) is 0 Å². The van der Waals surface area contributed by atoms with E-state index in [9.17, 15) is 13.5 Å². The molecule has 2 aromatic carbocycles. The Morgan fingerprint density at radius 2 is 1.71 bits per heavy atom. The average Bonchev–Trinajstić information content (AvgIpc) is 3.27. The third-order valence-corrected chi connectivity index (χ3v) is 6.35. The van der Waals surface area contributed by atoms with Crippen LogP contribution >= 0.6 is 0 Å². The van der Waals surface area contributed by atoms with Crippen LogP contribution < -0.4 is 0 Å². The molecular weight excluding hydrogens is 376 g/mol. The number of nitrogens with one attached hydrogen (secondary N) is 1. The number of benzene rings is 2. The largest absolute Gasteiger partial charge is 0.494 e. The molecule has 28 heavy (non-hydrogen) atoms. The average molecular weight is 390 g/mol. The molecule has 0 aliphatic heterocycles. The van der Waals surface area contributed by atoms with E-state index in [4.69, 9.17) is 0 Å². The van der Waals surface area contributed by atoms with Gasteiger partial charge in [-0.3, -0.25) is 0 Å². The summed E-state index contributed by atoms with van der Waals surface area (Å²) in [5.74, 6) is 0.198. The first kappa shape index (κ1) is 16.5. The van der Waals surface area contributed by atoms with Crippen molar-refractivity contribution in [2.45, 2.75) is 9.79 Å². The summed E-state index contributed by atoms with van der Waals surface area (Å²) < 4.78 is 27.5. The fourth-order valence-corrected chi connectivity index (χ4v) is 4.53. The molecule has 3 heterocycles. The zero-order chi connectivity index (χ0) is 19.3. The van der Waals surface area contributed by atoms with Gasteiger partial charge in [-0.05, 0) is 42.5 Å². The molecule has 0 aliphatic rings. The van der Waals surface area contributed by atoms with Crippen LogP contribution in [-0.2, 0) is 9.84 Å². The van der Waals surface area contributed by atoms with Gasteiger partial charge in [-0.2, -0.15) is 0 Å². The molecule has 0 spiro atoms. The molecule has 138 valence electrons. The molecule has 0 fully saturated rings. The molecule has 7 nitrogen and oxygen atoms in total. The molecule has 0 aliphatic carbocycles. The molecule has 0 radical (unpaired) electrons. The lowest BCUT2D eigenvalue weighted by Gasteiger charge is -2.05. The first-order valence-corrected chi connectivity index (χ1v) is 9.99. The molecule has 8 heteroatoms. The van der Waals surface area contributed by atoms with E-state index in [-0.39, 0.29) is 15.7 Å². The number of rotatable bonds is 3. The number of pyridine rings is 1. The molecule has 0 unspecified atom stereocenters. The number of hydrogen-bond donors (Lipinski definition) is 2. The lowest BCUT2D eigenvalue weighted by molar-refractivity contribution is 0.460. The normalized spacial score (nSPS) is 12.0. The number of aromatic hydroxyl groups is 1. The maximum atomic E-state index is 13.0. The van der Waals surface area contributed by atoms with Gasteiger partial charge in [0, 0.05) is 17.1 Å². The Balaban J connectivity index is 1.73. The number of aromatic amines is 1. The molecule has 5 aromatic rings. The Kier molecular flexibility index (Phi) is 3.50. The van der Waals surface area contributed by atoms with E-state index in [2.05, 4.69) is 15.1 Å². The van der Waals surface area contributed by atoms with Gasteiger partial charge in [0.05, 0.1) is 15.4 Å². The van der Waals surface area contributed by atoms with Gasteiger partial charge in [0.15, 0.2) is 11.5 Å². The number of sulfone groups is 1. The maximum absolute atomic E-state index is 13.0. The van der Waals surface area contributed by atoms with Crippen molar-refractivity contribution in [3.63, 3.8) is 0 Å². The van der Waals surface area contributed by atoms with Crippen LogP contribution in [0.1, 0.15) is 0 Å². The van der Waals surface area contributed by atoms with E-state index < -0.39 is 9.84 Å². The van der Waals surface area contributed by atoms with Gasteiger partial charge in [0.1, 0.15) is 0 Å². The third kappa shape index (κ3) is 2.46. The minimum Gasteiger partial charge on any atom is -0.494 e. The summed E-state index contributed by atoms with van der Waals surface area (Å²) in [6, 6.07) is 18.4. The molecule has 0 amide bonds. The van der Waals surface area contributed by atoms with Crippen LogP contribution in [0.4, 0.5) is 0 Å². The number of aromatic nitrogens is 4. The summed E-state index contributed by atoms with van der Waals surface area (Å²) in [7, 11) is -3.69. The van der Waals surface area contributed by atoms with E-state index >= 15 is 0 Å². The second-order valence-electron chi connectivity index (χ2n) is 6.31. The number of nitrogens with zero attached hydrogens (tertiary/aromatic N) is 3. The van der Waals surface area contributed by atoms with Crippen molar-refractivity contribution in [3.8, 4) is 17.3 Å². The summed E-state index contributed by atoms with van der Waals surface area (Å²) in [6.45, 7) is 0. The molecule has 0 bridgehead atoms. The van der Waals surface area contributed by atoms with Crippen molar-refractivity contribution >= 4 is 26.4 Å². The van der Waals surface area contributed by atoms with E-state index in [0.717, 1.165) is 0 Å². The van der Waals surface area contributed by atoms with Crippen molar-refractivity contribution < 1.29 is 13.5 Å². The minimum absolute atomic E-state index is 0.111. The van der Waals surface area contributed by atoms with Gasteiger partial charge < -0.3 is 10.1 Å². The Hall–Kier alpha value is -3.65. The predicted molar refractivity (Wildman–Crippen MR) is 104 cm³/mol. The number of hydrogen-bond acceptors (Lipinski definition) is 5. The van der Waals surface area contributed by atoms with Crippen molar-refractivity contribution in [1.82, 2.24) is 19.6 Å². The summed E-state index contributed by atoms with van der Waals surface area (Å²) >= 11 is 0. The summed E-state index contributed by atoms with van der Waals surface area (Å²) in [5.41, 5.74) is 1.58. The first-order valence-electron chi connectivity index (χ1n) is 8.51. The summed E-state index contributed by atoms with van der Waals surface area (Å²) in [5, 5.41) is 15.4. The smallest absolute Gasteiger partial charge is 0.206 e. The number of H-pyrrole nitrogens is 1.